The number of aromatic nitrogens is 1. The first kappa shape index (κ1) is 16.7. The lowest BCUT2D eigenvalue weighted by Crippen LogP contribution is -2.31. The quantitative estimate of drug-likeness (QED) is 0.612. The van der Waals surface area contributed by atoms with Crippen molar-refractivity contribution in [3.05, 3.63) is 36.5 Å². The summed E-state index contributed by atoms with van der Waals surface area (Å²) in [5, 5.41) is 0.931. The molecule has 0 bridgehead atoms. The van der Waals surface area contributed by atoms with Crippen molar-refractivity contribution in [3.63, 3.8) is 0 Å². The monoisotopic (exact) mass is 331 g/mol. The van der Waals surface area contributed by atoms with E-state index in [1.54, 1.807) is 19.2 Å². The number of halogens is 1. The Bertz CT molecular complexity index is 701. The fourth-order valence-corrected chi connectivity index (χ4v) is 3.06. The number of carbonyl (C=O) groups excluding carboxylic acids is 1. The molecule has 1 aromatic carbocycles. The molecule has 0 spiro atoms. The van der Waals surface area contributed by atoms with Gasteiger partial charge in [0.1, 0.15) is 24.6 Å². The second-order valence-electron chi connectivity index (χ2n) is 6.53. The Labute approximate surface area is 141 Å². The number of rotatable bonds is 5. The molecule has 0 amide bonds. The molecule has 2 aromatic rings. The van der Waals surface area contributed by atoms with Crippen molar-refractivity contribution in [2.24, 2.45) is 5.92 Å². The number of hydrogen-bond acceptors (Lipinski definition) is 4. The van der Waals surface area contributed by atoms with Gasteiger partial charge in [0.25, 0.3) is 0 Å². The molecule has 3 rings (SSSR count). The Hall–Kier alpha value is -2.17. The van der Waals surface area contributed by atoms with Gasteiger partial charge in [0.2, 0.25) is 0 Å². The summed E-state index contributed by atoms with van der Waals surface area (Å²) in [6, 6.07) is 9.52. The molecule has 0 saturated heterocycles. The summed E-state index contributed by atoms with van der Waals surface area (Å²) < 4.78 is 24.7. The van der Waals surface area contributed by atoms with Gasteiger partial charge in [-0.05, 0) is 50.8 Å². The van der Waals surface area contributed by atoms with Gasteiger partial charge < -0.3 is 9.47 Å². The highest BCUT2D eigenvalue weighted by Crippen LogP contribution is 2.35. The van der Waals surface area contributed by atoms with Crippen molar-refractivity contribution in [2.75, 3.05) is 13.2 Å². The predicted molar refractivity (Wildman–Crippen MR) is 89.7 cm³/mol. The van der Waals surface area contributed by atoms with E-state index in [1.165, 1.54) is 0 Å². The Balaban J connectivity index is 1.46. The van der Waals surface area contributed by atoms with Crippen LogP contribution in [0.4, 0.5) is 4.39 Å². The number of pyridine rings is 1. The number of para-hydroxylation sites is 1. The van der Waals surface area contributed by atoms with Crippen LogP contribution in [0.3, 0.4) is 0 Å². The minimum atomic E-state index is -1.14. The van der Waals surface area contributed by atoms with Crippen LogP contribution in [-0.4, -0.2) is 29.8 Å². The van der Waals surface area contributed by atoms with Crippen LogP contribution in [0.2, 0.25) is 0 Å². The SMILES string of the molecule is CC1(F)CCC(C(=O)OCCOc2ccnc3ccccc23)CC1. The molecule has 4 nitrogen and oxygen atoms in total. The van der Waals surface area contributed by atoms with Crippen LogP contribution in [0.25, 0.3) is 10.9 Å². The number of fused-ring (bicyclic) bond motifs is 1. The topological polar surface area (TPSA) is 48.4 Å². The second kappa shape index (κ2) is 7.16. The molecule has 1 heterocycles. The maximum Gasteiger partial charge on any atom is 0.309 e. The summed E-state index contributed by atoms with van der Waals surface area (Å²) in [6.45, 7) is 2.08. The first-order valence-electron chi connectivity index (χ1n) is 8.37. The molecule has 1 fully saturated rings. The fourth-order valence-electron chi connectivity index (χ4n) is 3.06. The number of esters is 1. The molecule has 1 saturated carbocycles. The van der Waals surface area contributed by atoms with Crippen LogP contribution >= 0.6 is 0 Å². The smallest absolute Gasteiger partial charge is 0.309 e. The summed E-state index contributed by atoms with van der Waals surface area (Å²) in [5.74, 6) is 0.298. The van der Waals surface area contributed by atoms with Crippen molar-refractivity contribution < 1.29 is 18.7 Å². The van der Waals surface area contributed by atoms with Crippen LogP contribution in [0.15, 0.2) is 36.5 Å². The second-order valence-corrected chi connectivity index (χ2v) is 6.53. The summed E-state index contributed by atoms with van der Waals surface area (Å²) >= 11 is 0. The Morgan fingerprint density at radius 3 is 2.79 bits per heavy atom. The molecule has 0 atom stereocenters. The fraction of sp³-hybridized carbons (Fsp3) is 0.474. The standard InChI is InChI=1S/C19H22FNO3/c1-19(20)9-6-14(7-10-19)18(22)24-13-12-23-17-8-11-21-16-5-3-2-4-15(16)17/h2-5,8,11,14H,6-7,9-10,12-13H2,1H3. The minimum absolute atomic E-state index is 0.185. The van der Waals surface area contributed by atoms with E-state index in [-0.39, 0.29) is 25.1 Å². The lowest BCUT2D eigenvalue weighted by molar-refractivity contribution is -0.151. The molecule has 0 aliphatic heterocycles. The zero-order valence-corrected chi connectivity index (χ0v) is 13.8. The van der Waals surface area contributed by atoms with Crippen molar-refractivity contribution in [1.82, 2.24) is 4.98 Å². The van der Waals surface area contributed by atoms with Crippen molar-refractivity contribution in [2.45, 2.75) is 38.3 Å². The van der Waals surface area contributed by atoms with Crippen molar-refractivity contribution >= 4 is 16.9 Å². The number of ether oxygens (including phenoxy) is 2. The summed E-state index contributed by atoms with van der Waals surface area (Å²) in [6.07, 6.45) is 3.65. The van der Waals surface area contributed by atoms with Crippen molar-refractivity contribution in [1.29, 1.82) is 0 Å². The molecule has 1 aliphatic rings. The maximum absolute atomic E-state index is 13.8. The highest BCUT2D eigenvalue weighted by Gasteiger charge is 2.34. The van der Waals surface area contributed by atoms with Crippen LogP contribution in [-0.2, 0) is 9.53 Å². The molecule has 1 aromatic heterocycles. The van der Waals surface area contributed by atoms with Crippen LogP contribution < -0.4 is 4.74 Å². The van der Waals surface area contributed by atoms with Gasteiger partial charge in [-0.2, -0.15) is 0 Å². The molecule has 0 unspecified atom stereocenters. The van der Waals surface area contributed by atoms with E-state index in [0.29, 0.717) is 25.7 Å². The normalized spacial score (nSPS) is 23.8. The molecular weight excluding hydrogens is 309 g/mol. The lowest BCUT2D eigenvalue weighted by Gasteiger charge is -2.29. The van der Waals surface area contributed by atoms with Gasteiger partial charge in [-0.3, -0.25) is 9.78 Å². The Kier molecular flexibility index (Phi) is 4.97. The van der Waals surface area contributed by atoms with Crippen LogP contribution in [0, 0.1) is 5.92 Å². The van der Waals surface area contributed by atoms with Crippen LogP contribution in [0.1, 0.15) is 32.6 Å². The van der Waals surface area contributed by atoms with E-state index in [4.69, 9.17) is 9.47 Å². The van der Waals surface area contributed by atoms with Gasteiger partial charge >= 0.3 is 5.97 Å². The molecular formula is C19H22FNO3. The molecule has 5 heteroatoms. The zero-order chi connectivity index (χ0) is 17.0. The van der Waals surface area contributed by atoms with E-state index in [9.17, 15) is 9.18 Å². The first-order valence-corrected chi connectivity index (χ1v) is 8.37. The van der Waals surface area contributed by atoms with Gasteiger partial charge in [-0.15, -0.1) is 0 Å². The van der Waals surface area contributed by atoms with E-state index < -0.39 is 5.67 Å². The van der Waals surface area contributed by atoms with Gasteiger partial charge in [0.15, 0.2) is 0 Å². The number of alkyl halides is 1. The Morgan fingerprint density at radius 2 is 2.00 bits per heavy atom. The predicted octanol–water partition coefficient (Wildman–Crippen LogP) is 4.08. The number of nitrogens with zero attached hydrogens (tertiary/aromatic N) is 1. The molecule has 128 valence electrons. The third-order valence-electron chi connectivity index (χ3n) is 4.56. The minimum Gasteiger partial charge on any atom is -0.489 e. The highest BCUT2D eigenvalue weighted by molar-refractivity contribution is 5.84. The average molecular weight is 331 g/mol. The zero-order valence-electron chi connectivity index (χ0n) is 13.8. The number of carbonyl (C=O) groups is 1. The summed E-state index contributed by atoms with van der Waals surface area (Å²) in [4.78, 5) is 16.3. The van der Waals surface area contributed by atoms with Gasteiger partial charge in [0, 0.05) is 11.6 Å². The summed E-state index contributed by atoms with van der Waals surface area (Å²) in [7, 11) is 0. The molecule has 1 aliphatic carbocycles. The third-order valence-corrected chi connectivity index (χ3v) is 4.56. The van der Waals surface area contributed by atoms with Gasteiger partial charge in [0.05, 0.1) is 11.4 Å². The molecule has 0 radical (unpaired) electrons. The van der Waals surface area contributed by atoms with Gasteiger partial charge in [-0.25, -0.2) is 4.39 Å². The molecule has 0 N–H and O–H groups in total. The highest BCUT2D eigenvalue weighted by atomic mass is 19.1. The van der Waals surface area contributed by atoms with E-state index in [1.807, 2.05) is 24.3 Å². The Morgan fingerprint density at radius 1 is 1.25 bits per heavy atom. The average Bonchev–Trinajstić information content (AvgIpc) is 2.58. The van der Waals surface area contributed by atoms with Crippen molar-refractivity contribution in [3.8, 4) is 5.75 Å². The maximum atomic E-state index is 13.8. The summed E-state index contributed by atoms with van der Waals surface area (Å²) in [5.41, 5.74) is -0.272. The van der Waals surface area contributed by atoms with E-state index in [2.05, 4.69) is 4.98 Å². The molecule has 24 heavy (non-hydrogen) atoms. The largest absolute Gasteiger partial charge is 0.489 e. The van der Waals surface area contributed by atoms with Gasteiger partial charge in [-0.1, -0.05) is 12.1 Å². The number of hydrogen-bond donors (Lipinski definition) is 0. The van der Waals surface area contributed by atoms with E-state index in [0.717, 1.165) is 16.7 Å². The van der Waals surface area contributed by atoms with Crippen LogP contribution in [0.5, 0.6) is 5.75 Å². The lowest BCUT2D eigenvalue weighted by atomic mass is 9.81. The van der Waals surface area contributed by atoms with E-state index >= 15 is 0 Å². The first-order chi connectivity index (χ1) is 11.6. The number of benzene rings is 1. The third kappa shape index (κ3) is 4.02.